The van der Waals surface area contributed by atoms with Crippen molar-refractivity contribution < 1.29 is 9.21 Å². The zero-order valence-electron chi connectivity index (χ0n) is 17.4. The van der Waals surface area contributed by atoms with E-state index in [4.69, 9.17) is 4.42 Å². The summed E-state index contributed by atoms with van der Waals surface area (Å²) in [5.74, 6) is 0.501. The van der Waals surface area contributed by atoms with Gasteiger partial charge in [-0.1, -0.05) is 13.8 Å². The Kier molecular flexibility index (Phi) is 6.52. The number of amides is 1. The summed E-state index contributed by atoms with van der Waals surface area (Å²) in [7, 11) is 0. The van der Waals surface area contributed by atoms with Crippen molar-refractivity contribution in [3.63, 3.8) is 0 Å². The monoisotopic (exact) mass is 385 g/mol. The smallest absolute Gasteiger partial charge is 0.336 e. The Morgan fingerprint density at radius 3 is 2.46 bits per heavy atom. The minimum absolute atomic E-state index is 0.0826. The fourth-order valence-electron chi connectivity index (χ4n) is 3.95. The number of piperazine rings is 1. The van der Waals surface area contributed by atoms with E-state index in [-0.39, 0.29) is 11.5 Å². The maximum Gasteiger partial charge on any atom is 0.336 e. The molecule has 28 heavy (non-hydrogen) atoms. The van der Waals surface area contributed by atoms with Gasteiger partial charge in [0.15, 0.2) is 0 Å². The lowest BCUT2D eigenvalue weighted by molar-refractivity contribution is -0.122. The van der Waals surface area contributed by atoms with E-state index in [9.17, 15) is 9.59 Å². The number of likely N-dealkylation sites (N-methyl/N-ethyl adjacent to an activating group) is 1. The second kappa shape index (κ2) is 8.88. The molecule has 152 valence electrons. The van der Waals surface area contributed by atoms with Crippen LogP contribution < -0.4 is 10.9 Å². The Morgan fingerprint density at radius 1 is 1.14 bits per heavy atom. The van der Waals surface area contributed by atoms with Crippen LogP contribution in [-0.2, 0) is 11.3 Å². The summed E-state index contributed by atoms with van der Waals surface area (Å²) >= 11 is 0. The van der Waals surface area contributed by atoms with E-state index in [0.717, 1.165) is 49.2 Å². The second-order valence-corrected chi connectivity index (χ2v) is 7.96. The number of benzene rings is 1. The molecule has 0 bridgehead atoms. The molecule has 3 rings (SSSR count). The van der Waals surface area contributed by atoms with Gasteiger partial charge in [0.1, 0.15) is 5.58 Å². The molecule has 2 heterocycles. The molecule has 2 aromatic rings. The highest BCUT2D eigenvalue weighted by molar-refractivity contribution is 5.82. The highest BCUT2D eigenvalue weighted by atomic mass is 16.4. The first kappa shape index (κ1) is 20.6. The van der Waals surface area contributed by atoms with Gasteiger partial charge >= 0.3 is 5.63 Å². The molecule has 1 aliphatic heterocycles. The molecule has 1 aliphatic rings. The summed E-state index contributed by atoms with van der Waals surface area (Å²) in [6.45, 7) is 13.7. The molecule has 0 radical (unpaired) electrons. The number of hydrogen-bond donors (Lipinski definition) is 1. The average Bonchev–Trinajstić information content (AvgIpc) is 2.62. The maximum atomic E-state index is 12.1. The van der Waals surface area contributed by atoms with E-state index < -0.39 is 0 Å². The normalized spacial score (nSPS) is 16.0. The number of carbonyl (C=O) groups excluding carboxylic acids is 1. The van der Waals surface area contributed by atoms with Gasteiger partial charge in [0.25, 0.3) is 0 Å². The van der Waals surface area contributed by atoms with E-state index in [2.05, 4.69) is 42.0 Å². The highest BCUT2D eigenvalue weighted by Gasteiger charge is 2.20. The topological polar surface area (TPSA) is 65.8 Å². The van der Waals surface area contributed by atoms with E-state index in [1.54, 1.807) is 6.07 Å². The fourth-order valence-corrected chi connectivity index (χ4v) is 3.95. The number of fused-ring (bicyclic) bond motifs is 1. The predicted molar refractivity (Wildman–Crippen MR) is 112 cm³/mol. The van der Waals surface area contributed by atoms with E-state index >= 15 is 0 Å². The molecule has 1 N–H and O–H groups in total. The van der Waals surface area contributed by atoms with Gasteiger partial charge in [0.05, 0.1) is 6.54 Å². The molecule has 1 saturated heterocycles. The van der Waals surface area contributed by atoms with Crippen molar-refractivity contribution in [1.82, 2.24) is 15.1 Å². The van der Waals surface area contributed by atoms with Crippen LogP contribution in [0.1, 0.15) is 43.4 Å². The van der Waals surface area contributed by atoms with E-state index in [1.807, 2.05) is 13.0 Å². The van der Waals surface area contributed by atoms with Crippen LogP contribution in [-0.4, -0.2) is 55.0 Å². The number of carbonyl (C=O) groups is 1. The second-order valence-electron chi connectivity index (χ2n) is 7.96. The lowest BCUT2D eigenvalue weighted by atomic mass is 9.95. The Balaban J connectivity index is 1.75. The Morgan fingerprint density at radius 2 is 1.82 bits per heavy atom. The number of rotatable bonds is 6. The van der Waals surface area contributed by atoms with Gasteiger partial charge < -0.3 is 9.73 Å². The number of nitrogens with zero attached hydrogens (tertiary/aromatic N) is 2. The highest BCUT2D eigenvalue weighted by Crippen LogP contribution is 2.27. The SMILES string of the molecule is CCNC(=O)CN1CCN(Cc2cc(=O)oc3cc(C)c(C(C)C)cc23)CC1. The quantitative estimate of drug-likeness (QED) is 0.774. The van der Waals surface area contributed by atoms with Crippen molar-refractivity contribution in [3.8, 4) is 0 Å². The molecule has 6 nitrogen and oxygen atoms in total. The van der Waals surface area contributed by atoms with Crippen LogP contribution in [0.15, 0.2) is 27.4 Å². The lowest BCUT2D eigenvalue weighted by Gasteiger charge is -2.34. The van der Waals surface area contributed by atoms with Gasteiger partial charge in [-0.2, -0.15) is 0 Å². The number of hydrogen-bond acceptors (Lipinski definition) is 5. The van der Waals surface area contributed by atoms with Gasteiger partial charge in [-0.05, 0) is 48.6 Å². The van der Waals surface area contributed by atoms with Crippen LogP contribution in [0, 0.1) is 6.92 Å². The summed E-state index contributed by atoms with van der Waals surface area (Å²) in [4.78, 5) is 28.4. The Hall–Kier alpha value is -2.18. The van der Waals surface area contributed by atoms with Crippen molar-refractivity contribution in [3.05, 3.63) is 45.3 Å². The van der Waals surface area contributed by atoms with Crippen LogP contribution in [0.4, 0.5) is 0 Å². The van der Waals surface area contributed by atoms with Gasteiger partial charge in [-0.15, -0.1) is 0 Å². The zero-order valence-corrected chi connectivity index (χ0v) is 17.4. The van der Waals surface area contributed by atoms with Crippen molar-refractivity contribution in [2.45, 2.75) is 40.2 Å². The van der Waals surface area contributed by atoms with Crippen LogP contribution in [0.3, 0.4) is 0 Å². The zero-order chi connectivity index (χ0) is 20.3. The number of aryl methyl sites for hydroxylation is 1. The van der Waals surface area contributed by atoms with Crippen molar-refractivity contribution >= 4 is 16.9 Å². The fraction of sp³-hybridized carbons (Fsp3) is 0.545. The lowest BCUT2D eigenvalue weighted by Crippen LogP contribution is -2.49. The third kappa shape index (κ3) is 4.80. The maximum absolute atomic E-state index is 12.1. The van der Waals surface area contributed by atoms with Crippen LogP contribution in [0.5, 0.6) is 0 Å². The molecule has 1 fully saturated rings. The largest absolute Gasteiger partial charge is 0.423 e. The average molecular weight is 386 g/mol. The van der Waals surface area contributed by atoms with Gasteiger partial charge in [0, 0.05) is 50.7 Å². The summed E-state index contributed by atoms with van der Waals surface area (Å²) in [6.07, 6.45) is 0. The molecule has 0 aliphatic carbocycles. The number of nitrogens with one attached hydrogen (secondary N) is 1. The molecule has 1 aromatic heterocycles. The van der Waals surface area contributed by atoms with Crippen molar-refractivity contribution in [1.29, 1.82) is 0 Å². The third-order valence-electron chi connectivity index (χ3n) is 5.44. The molecule has 0 atom stereocenters. The summed E-state index contributed by atoms with van der Waals surface area (Å²) in [5.41, 5.74) is 3.83. The molecular formula is C22H31N3O3. The molecule has 0 spiro atoms. The van der Waals surface area contributed by atoms with Crippen molar-refractivity contribution in [2.24, 2.45) is 0 Å². The molecule has 0 unspecified atom stereocenters. The van der Waals surface area contributed by atoms with Gasteiger partial charge in [-0.25, -0.2) is 4.79 Å². The van der Waals surface area contributed by atoms with Crippen LogP contribution in [0.2, 0.25) is 0 Å². The minimum Gasteiger partial charge on any atom is -0.423 e. The summed E-state index contributed by atoms with van der Waals surface area (Å²) < 4.78 is 5.46. The summed E-state index contributed by atoms with van der Waals surface area (Å²) in [6, 6.07) is 5.79. The Labute approximate surface area is 166 Å². The molecule has 1 aromatic carbocycles. The molecule has 1 amide bonds. The molecule has 0 saturated carbocycles. The Bertz CT molecular complexity index is 896. The van der Waals surface area contributed by atoms with Gasteiger partial charge in [0.2, 0.25) is 5.91 Å². The first-order valence-electron chi connectivity index (χ1n) is 10.2. The van der Waals surface area contributed by atoms with Crippen LogP contribution >= 0.6 is 0 Å². The van der Waals surface area contributed by atoms with Crippen LogP contribution in [0.25, 0.3) is 11.0 Å². The predicted octanol–water partition coefficient (Wildman–Crippen LogP) is 2.48. The van der Waals surface area contributed by atoms with E-state index in [1.165, 1.54) is 5.56 Å². The summed E-state index contributed by atoms with van der Waals surface area (Å²) in [5, 5.41) is 3.88. The standard InChI is InChI=1S/C22H31N3O3/c1-5-23-21(26)14-25-8-6-24(7-9-25)13-17-11-22(27)28-20-10-16(4)18(15(2)3)12-19(17)20/h10-12,15H,5-9,13-14H2,1-4H3,(H,23,26). The van der Waals surface area contributed by atoms with Gasteiger partial charge in [-0.3, -0.25) is 14.6 Å². The minimum atomic E-state index is -0.297. The molecular weight excluding hydrogens is 354 g/mol. The van der Waals surface area contributed by atoms with E-state index in [0.29, 0.717) is 24.6 Å². The third-order valence-corrected chi connectivity index (χ3v) is 5.44. The first-order valence-corrected chi connectivity index (χ1v) is 10.2. The first-order chi connectivity index (χ1) is 13.4. The van der Waals surface area contributed by atoms with Crippen molar-refractivity contribution in [2.75, 3.05) is 39.3 Å². The molecule has 6 heteroatoms.